The smallest absolute Gasteiger partial charge is 0.0302 e. The third-order valence-electron chi connectivity index (χ3n) is 3.35. The van der Waals surface area contributed by atoms with Crippen molar-refractivity contribution in [2.45, 2.75) is 51.6 Å². The summed E-state index contributed by atoms with van der Waals surface area (Å²) in [7, 11) is -0.554. The summed E-state index contributed by atoms with van der Waals surface area (Å²) in [5.74, 6) is 1.74. The van der Waals surface area contributed by atoms with Crippen LogP contribution in [0.25, 0.3) is 0 Å². The first-order chi connectivity index (χ1) is 8.45. The lowest BCUT2D eigenvalue weighted by Gasteiger charge is -2.22. The summed E-state index contributed by atoms with van der Waals surface area (Å²) in [5.41, 5.74) is 0.255. The van der Waals surface area contributed by atoms with E-state index < -0.39 is 10.8 Å². The van der Waals surface area contributed by atoms with Gasteiger partial charge < -0.3 is 5.32 Å². The number of hydrogen-bond acceptors (Lipinski definition) is 3. The van der Waals surface area contributed by atoms with Gasteiger partial charge in [-0.05, 0) is 30.4 Å². The molecule has 0 amide bonds. The normalized spacial score (nSPS) is 25.3. The molecule has 0 aliphatic carbocycles. The fourth-order valence-corrected chi connectivity index (χ4v) is 4.43. The van der Waals surface area contributed by atoms with Gasteiger partial charge >= 0.3 is 0 Å². The molecule has 4 heteroatoms. The molecule has 1 aromatic heterocycles. The predicted molar refractivity (Wildman–Crippen MR) is 80.8 cm³/mol. The van der Waals surface area contributed by atoms with E-state index in [0.717, 1.165) is 30.9 Å². The highest BCUT2D eigenvalue weighted by Gasteiger charge is 2.18. The molecule has 1 aromatic rings. The maximum Gasteiger partial charge on any atom is 0.0302 e. The van der Waals surface area contributed by atoms with E-state index >= 15 is 0 Å². The molecule has 1 fully saturated rings. The molecule has 102 valence electrons. The first-order valence-electron chi connectivity index (χ1n) is 6.63. The van der Waals surface area contributed by atoms with Crippen molar-refractivity contribution in [2.24, 2.45) is 0 Å². The number of nitrogens with one attached hydrogen (secondary N) is 1. The average molecular weight is 285 g/mol. The zero-order valence-corrected chi connectivity index (χ0v) is 13.1. The van der Waals surface area contributed by atoms with Crippen LogP contribution < -0.4 is 5.32 Å². The van der Waals surface area contributed by atoms with Crippen LogP contribution in [0.4, 0.5) is 0 Å². The first kappa shape index (κ1) is 14.2. The largest absolute Gasteiger partial charge is 0.309 e. The lowest BCUT2D eigenvalue weighted by Crippen LogP contribution is -2.35. The fourth-order valence-electron chi connectivity index (χ4n) is 2.12. The molecule has 18 heavy (non-hydrogen) atoms. The van der Waals surface area contributed by atoms with E-state index in [0.29, 0.717) is 6.04 Å². The minimum Gasteiger partial charge on any atom is -0.309 e. The van der Waals surface area contributed by atoms with Crippen molar-refractivity contribution in [3.05, 3.63) is 21.9 Å². The Hall–Kier alpha value is -0.190. The number of rotatable bonds is 3. The Morgan fingerprint density at radius 1 is 1.33 bits per heavy atom. The summed E-state index contributed by atoms with van der Waals surface area (Å²) in [6, 6.07) is 5.04. The highest BCUT2D eigenvalue weighted by molar-refractivity contribution is 7.85. The van der Waals surface area contributed by atoms with Gasteiger partial charge in [0.1, 0.15) is 0 Å². The molecular formula is C14H23NOS2. The van der Waals surface area contributed by atoms with E-state index in [-0.39, 0.29) is 5.41 Å². The van der Waals surface area contributed by atoms with Crippen molar-refractivity contribution in [3.63, 3.8) is 0 Å². The molecule has 0 atom stereocenters. The molecule has 0 unspecified atom stereocenters. The molecule has 0 bridgehead atoms. The molecule has 0 radical (unpaired) electrons. The van der Waals surface area contributed by atoms with Crippen LogP contribution in [-0.4, -0.2) is 21.8 Å². The van der Waals surface area contributed by atoms with Crippen molar-refractivity contribution in [1.29, 1.82) is 0 Å². The van der Waals surface area contributed by atoms with E-state index in [1.807, 2.05) is 11.3 Å². The van der Waals surface area contributed by atoms with Crippen molar-refractivity contribution < 1.29 is 4.21 Å². The summed E-state index contributed by atoms with van der Waals surface area (Å²) in [6.07, 6.45) is 2.12. The summed E-state index contributed by atoms with van der Waals surface area (Å²) < 4.78 is 11.3. The van der Waals surface area contributed by atoms with Crippen LogP contribution >= 0.6 is 11.3 Å². The summed E-state index contributed by atoms with van der Waals surface area (Å²) in [4.78, 5) is 2.86. The number of hydrogen-bond donors (Lipinski definition) is 1. The average Bonchev–Trinajstić information content (AvgIpc) is 2.77. The maximum atomic E-state index is 11.3. The Labute approximate surface area is 117 Å². The number of thiophene rings is 1. The maximum absolute atomic E-state index is 11.3. The van der Waals surface area contributed by atoms with Crippen LogP contribution in [0.1, 0.15) is 43.4 Å². The molecule has 1 aliphatic rings. The molecule has 0 spiro atoms. The van der Waals surface area contributed by atoms with Gasteiger partial charge in [-0.25, -0.2) is 0 Å². The molecule has 2 rings (SSSR count). The van der Waals surface area contributed by atoms with Crippen molar-refractivity contribution >= 4 is 22.1 Å². The Bertz CT molecular complexity index is 410. The Balaban J connectivity index is 1.83. The van der Waals surface area contributed by atoms with Gasteiger partial charge in [0.2, 0.25) is 0 Å². The Morgan fingerprint density at radius 3 is 2.56 bits per heavy atom. The van der Waals surface area contributed by atoms with Gasteiger partial charge in [0.15, 0.2) is 0 Å². The topological polar surface area (TPSA) is 29.1 Å². The molecule has 0 saturated carbocycles. The third kappa shape index (κ3) is 3.90. The van der Waals surface area contributed by atoms with Crippen molar-refractivity contribution in [1.82, 2.24) is 5.32 Å². The van der Waals surface area contributed by atoms with Gasteiger partial charge in [-0.2, -0.15) is 0 Å². The van der Waals surface area contributed by atoms with Crippen LogP contribution in [0, 0.1) is 0 Å². The van der Waals surface area contributed by atoms with Crippen molar-refractivity contribution in [2.75, 3.05) is 11.5 Å². The second kappa shape index (κ2) is 5.85. The summed E-state index contributed by atoms with van der Waals surface area (Å²) in [6.45, 7) is 7.73. The van der Waals surface area contributed by atoms with Crippen LogP contribution in [0.15, 0.2) is 12.1 Å². The minimum absolute atomic E-state index is 0.255. The van der Waals surface area contributed by atoms with Gasteiger partial charge in [-0.1, -0.05) is 20.8 Å². The molecule has 1 saturated heterocycles. The predicted octanol–water partition coefficient (Wildman–Crippen LogP) is 3.05. The third-order valence-corrected chi connectivity index (χ3v) is 6.25. The summed E-state index contributed by atoms with van der Waals surface area (Å²) >= 11 is 1.91. The van der Waals surface area contributed by atoms with E-state index in [9.17, 15) is 4.21 Å². The van der Waals surface area contributed by atoms with Crippen LogP contribution in [0.3, 0.4) is 0 Å². The van der Waals surface area contributed by atoms with Crippen molar-refractivity contribution in [3.8, 4) is 0 Å². The van der Waals surface area contributed by atoms with Gasteiger partial charge in [-0.3, -0.25) is 4.21 Å². The quantitative estimate of drug-likeness (QED) is 0.925. The second-order valence-electron chi connectivity index (χ2n) is 6.02. The van der Waals surface area contributed by atoms with Crippen LogP contribution in [0.5, 0.6) is 0 Å². The molecule has 2 heterocycles. The highest BCUT2D eigenvalue weighted by atomic mass is 32.2. The molecule has 1 N–H and O–H groups in total. The lowest BCUT2D eigenvalue weighted by atomic mass is 9.95. The molecule has 2 nitrogen and oxygen atoms in total. The van der Waals surface area contributed by atoms with Gasteiger partial charge in [-0.15, -0.1) is 11.3 Å². The van der Waals surface area contributed by atoms with E-state index in [1.165, 1.54) is 9.75 Å². The standard InChI is InChI=1S/C14H23NOS2/c1-14(2,3)13-5-4-12(17-13)10-15-11-6-8-18(16)9-7-11/h4-5,11,15H,6-10H2,1-3H3. The Morgan fingerprint density at radius 2 is 2.00 bits per heavy atom. The molecule has 0 aromatic carbocycles. The van der Waals surface area contributed by atoms with Gasteiger partial charge in [0.25, 0.3) is 0 Å². The van der Waals surface area contributed by atoms with Gasteiger partial charge in [0, 0.05) is 44.6 Å². The Kier molecular flexibility index (Phi) is 4.62. The molecular weight excluding hydrogens is 262 g/mol. The van der Waals surface area contributed by atoms with Crippen LogP contribution in [0.2, 0.25) is 0 Å². The highest BCUT2D eigenvalue weighted by Crippen LogP contribution is 2.29. The van der Waals surface area contributed by atoms with Gasteiger partial charge in [0.05, 0.1) is 0 Å². The zero-order chi connectivity index (χ0) is 13.2. The van der Waals surface area contributed by atoms with E-state index in [2.05, 4.69) is 38.2 Å². The minimum atomic E-state index is -0.554. The molecule has 1 aliphatic heterocycles. The fraction of sp³-hybridized carbons (Fsp3) is 0.714. The first-order valence-corrected chi connectivity index (χ1v) is 8.93. The van der Waals surface area contributed by atoms with E-state index in [4.69, 9.17) is 0 Å². The van der Waals surface area contributed by atoms with Crippen LogP contribution in [-0.2, 0) is 22.8 Å². The summed E-state index contributed by atoms with van der Waals surface area (Å²) in [5, 5.41) is 3.60. The zero-order valence-electron chi connectivity index (χ0n) is 11.5. The second-order valence-corrected chi connectivity index (χ2v) is 8.88. The SMILES string of the molecule is CC(C)(C)c1ccc(CNC2CCS(=O)CC2)s1. The monoisotopic (exact) mass is 285 g/mol. The van der Waals surface area contributed by atoms with E-state index in [1.54, 1.807) is 0 Å². The lowest BCUT2D eigenvalue weighted by molar-refractivity contribution is 0.477.